The largest absolute Gasteiger partial charge is 0.463 e. The molecular formula is C15H20N2O3. The van der Waals surface area contributed by atoms with Gasteiger partial charge in [0.25, 0.3) is 0 Å². The average Bonchev–Trinajstić information content (AvgIpc) is 2.46. The number of amides is 1. The molecule has 2 N–H and O–H groups in total. The van der Waals surface area contributed by atoms with Crippen molar-refractivity contribution in [1.82, 2.24) is 10.6 Å². The van der Waals surface area contributed by atoms with Crippen LogP contribution in [0.5, 0.6) is 0 Å². The number of rotatable bonds is 8. The minimum Gasteiger partial charge on any atom is -0.463 e. The lowest BCUT2D eigenvalue weighted by molar-refractivity contribution is -0.137. The molecule has 1 amide bonds. The molecular weight excluding hydrogens is 256 g/mol. The summed E-state index contributed by atoms with van der Waals surface area (Å²) in [7, 11) is 0. The van der Waals surface area contributed by atoms with Crippen LogP contribution in [0.1, 0.15) is 12.5 Å². The molecule has 5 nitrogen and oxygen atoms in total. The number of esters is 1. The van der Waals surface area contributed by atoms with Gasteiger partial charge in [-0.05, 0) is 12.5 Å². The molecule has 0 aliphatic heterocycles. The summed E-state index contributed by atoms with van der Waals surface area (Å²) in [5.41, 5.74) is 1.06. The predicted octanol–water partition coefficient (Wildman–Crippen LogP) is 1.01. The molecule has 0 bridgehead atoms. The minimum atomic E-state index is -0.372. The number of carbonyl (C=O) groups is 2. The SMILES string of the molecule is CCOC(=O)/C=C/CNCC(=O)NCc1ccccc1. The maximum atomic E-state index is 11.5. The molecule has 5 heteroatoms. The monoisotopic (exact) mass is 276 g/mol. The van der Waals surface area contributed by atoms with E-state index in [9.17, 15) is 9.59 Å². The summed E-state index contributed by atoms with van der Waals surface area (Å²) >= 11 is 0. The molecule has 0 spiro atoms. The number of hydrogen-bond donors (Lipinski definition) is 2. The van der Waals surface area contributed by atoms with Crippen LogP contribution in [-0.4, -0.2) is 31.6 Å². The van der Waals surface area contributed by atoms with E-state index in [1.807, 2.05) is 30.3 Å². The Labute approximate surface area is 119 Å². The van der Waals surface area contributed by atoms with Gasteiger partial charge in [0.2, 0.25) is 5.91 Å². The molecule has 0 saturated carbocycles. The molecule has 0 radical (unpaired) electrons. The first-order chi connectivity index (χ1) is 9.72. The van der Waals surface area contributed by atoms with Crippen LogP contribution in [0.25, 0.3) is 0 Å². The van der Waals surface area contributed by atoms with Gasteiger partial charge in [0.05, 0.1) is 13.2 Å². The van der Waals surface area contributed by atoms with Crippen molar-refractivity contribution in [1.29, 1.82) is 0 Å². The highest BCUT2D eigenvalue weighted by Gasteiger charge is 1.99. The van der Waals surface area contributed by atoms with Crippen molar-refractivity contribution in [2.75, 3.05) is 19.7 Å². The second-order valence-electron chi connectivity index (χ2n) is 4.05. The van der Waals surface area contributed by atoms with Crippen LogP contribution in [0.4, 0.5) is 0 Å². The summed E-state index contributed by atoms with van der Waals surface area (Å²) in [6, 6.07) is 9.70. The fourth-order valence-electron chi connectivity index (χ4n) is 1.47. The lowest BCUT2D eigenvalue weighted by Crippen LogP contribution is -2.33. The lowest BCUT2D eigenvalue weighted by Gasteiger charge is -2.05. The molecule has 0 unspecified atom stereocenters. The van der Waals surface area contributed by atoms with E-state index in [0.717, 1.165) is 5.56 Å². The van der Waals surface area contributed by atoms with Crippen molar-refractivity contribution in [2.45, 2.75) is 13.5 Å². The topological polar surface area (TPSA) is 67.4 Å². The van der Waals surface area contributed by atoms with Crippen LogP contribution in [0.15, 0.2) is 42.5 Å². The number of nitrogens with one attached hydrogen (secondary N) is 2. The van der Waals surface area contributed by atoms with E-state index in [4.69, 9.17) is 4.74 Å². The number of hydrogen-bond acceptors (Lipinski definition) is 4. The van der Waals surface area contributed by atoms with Gasteiger partial charge in [0.1, 0.15) is 0 Å². The highest BCUT2D eigenvalue weighted by Crippen LogP contribution is 1.96. The summed E-state index contributed by atoms with van der Waals surface area (Å²) in [5.74, 6) is -0.457. The predicted molar refractivity (Wildman–Crippen MR) is 76.9 cm³/mol. The Hall–Kier alpha value is -2.14. The van der Waals surface area contributed by atoms with Crippen LogP contribution in [0.3, 0.4) is 0 Å². The molecule has 20 heavy (non-hydrogen) atoms. The van der Waals surface area contributed by atoms with Crippen LogP contribution >= 0.6 is 0 Å². The first-order valence-electron chi connectivity index (χ1n) is 6.57. The highest BCUT2D eigenvalue weighted by molar-refractivity contribution is 5.82. The van der Waals surface area contributed by atoms with Crippen molar-refractivity contribution in [2.24, 2.45) is 0 Å². The molecule has 108 valence electrons. The zero-order chi connectivity index (χ0) is 14.6. The van der Waals surface area contributed by atoms with Crippen LogP contribution in [0.2, 0.25) is 0 Å². The second kappa shape index (κ2) is 9.75. The summed E-state index contributed by atoms with van der Waals surface area (Å²) in [4.78, 5) is 22.5. The van der Waals surface area contributed by atoms with Crippen LogP contribution in [-0.2, 0) is 20.9 Å². The normalized spacial score (nSPS) is 10.4. The summed E-state index contributed by atoms with van der Waals surface area (Å²) in [5, 5.41) is 5.71. The van der Waals surface area contributed by atoms with E-state index in [0.29, 0.717) is 19.7 Å². The first-order valence-corrected chi connectivity index (χ1v) is 6.57. The van der Waals surface area contributed by atoms with Gasteiger partial charge in [-0.2, -0.15) is 0 Å². The smallest absolute Gasteiger partial charge is 0.330 e. The molecule has 0 aliphatic rings. The Morgan fingerprint density at radius 2 is 2.00 bits per heavy atom. The third-order valence-electron chi connectivity index (χ3n) is 2.42. The zero-order valence-electron chi connectivity index (χ0n) is 11.6. The van der Waals surface area contributed by atoms with Crippen molar-refractivity contribution in [3.05, 3.63) is 48.0 Å². The highest BCUT2D eigenvalue weighted by atomic mass is 16.5. The Kier molecular flexibility index (Phi) is 7.76. The molecule has 1 aromatic rings. The van der Waals surface area contributed by atoms with E-state index in [1.165, 1.54) is 6.08 Å². The van der Waals surface area contributed by atoms with Crippen molar-refractivity contribution in [3.8, 4) is 0 Å². The standard InChI is InChI=1S/C15H20N2O3/c1-2-20-15(19)9-6-10-16-12-14(18)17-11-13-7-4-3-5-8-13/h3-9,16H,2,10-12H2,1H3,(H,17,18)/b9-6+. The fourth-order valence-corrected chi connectivity index (χ4v) is 1.47. The Morgan fingerprint density at radius 1 is 1.25 bits per heavy atom. The van der Waals surface area contributed by atoms with Gasteiger partial charge >= 0.3 is 5.97 Å². The van der Waals surface area contributed by atoms with E-state index in [-0.39, 0.29) is 18.4 Å². The number of benzene rings is 1. The molecule has 1 aromatic carbocycles. The fraction of sp³-hybridized carbons (Fsp3) is 0.333. The van der Waals surface area contributed by atoms with E-state index in [1.54, 1.807) is 13.0 Å². The zero-order valence-corrected chi connectivity index (χ0v) is 11.6. The van der Waals surface area contributed by atoms with Gasteiger partial charge in [0, 0.05) is 19.2 Å². The maximum absolute atomic E-state index is 11.5. The molecule has 0 saturated heterocycles. The number of ether oxygens (including phenoxy) is 1. The van der Waals surface area contributed by atoms with Crippen LogP contribution in [0, 0.1) is 0 Å². The first kappa shape index (κ1) is 15.9. The Bertz CT molecular complexity index is 444. The Morgan fingerprint density at radius 3 is 2.70 bits per heavy atom. The van der Waals surface area contributed by atoms with Gasteiger partial charge < -0.3 is 15.4 Å². The third-order valence-corrected chi connectivity index (χ3v) is 2.42. The quantitative estimate of drug-likeness (QED) is 0.422. The molecule has 0 fully saturated rings. The van der Waals surface area contributed by atoms with Gasteiger partial charge in [-0.1, -0.05) is 36.4 Å². The summed E-state index contributed by atoms with van der Waals surface area (Å²) in [6.45, 7) is 3.27. The van der Waals surface area contributed by atoms with Crippen molar-refractivity contribution < 1.29 is 14.3 Å². The molecule has 0 aliphatic carbocycles. The average molecular weight is 276 g/mol. The molecule has 0 atom stereocenters. The molecule has 0 aromatic heterocycles. The van der Waals surface area contributed by atoms with E-state index >= 15 is 0 Å². The van der Waals surface area contributed by atoms with Crippen LogP contribution < -0.4 is 10.6 Å². The van der Waals surface area contributed by atoms with Gasteiger partial charge in [-0.15, -0.1) is 0 Å². The minimum absolute atomic E-state index is 0.0848. The lowest BCUT2D eigenvalue weighted by atomic mass is 10.2. The van der Waals surface area contributed by atoms with Crippen molar-refractivity contribution in [3.63, 3.8) is 0 Å². The van der Waals surface area contributed by atoms with E-state index in [2.05, 4.69) is 10.6 Å². The maximum Gasteiger partial charge on any atom is 0.330 e. The second-order valence-corrected chi connectivity index (χ2v) is 4.05. The van der Waals surface area contributed by atoms with Gasteiger partial charge in [-0.25, -0.2) is 4.79 Å². The van der Waals surface area contributed by atoms with Crippen molar-refractivity contribution >= 4 is 11.9 Å². The summed E-state index contributed by atoms with van der Waals surface area (Å²) in [6.07, 6.45) is 2.97. The van der Waals surface area contributed by atoms with Gasteiger partial charge in [-0.3, -0.25) is 4.79 Å². The molecule has 1 rings (SSSR count). The number of carbonyl (C=O) groups excluding carboxylic acids is 2. The third kappa shape index (κ3) is 7.33. The molecule has 0 heterocycles. The van der Waals surface area contributed by atoms with Gasteiger partial charge in [0.15, 0.2) is 0 Å². The Balaban J connectivity index is 2.10. The summed E-state index contributed by atoms with van der Waals surface area (Å²) < 4.78 is 4.72. The van der Waals surface area contributed by atoms with E-state index < -0.39 is 0 Å².